The first kappa shape index (κ1) is 19.3. The predicted molar refractivity (Wildman–Crippen MR) is 103 cm³/mol. The summed E-state index contributed by atoms with van der Waals surface area (Å²) in [6, 6.07) is 0. The number of ketones is 2. The number of rotatable bonds is 3. The first-order valence-corrected chi connectivity index (χ1v) is 10.8. The minimum atomic E-state index is -0.962. The molecular formula is C23H28O7. The normalized spacial score (nSPS) is 52.5. The maximum Gasteiger partial charge on any atom is 0.190 e. The quantitative estimate of drug-likeness (QED) is 0.422. The number of Topliss-reactive ketones (excluding diaryl/α,β-unsaturated/α-hetero) is 2. The van der Waals surface area contributed by atoms with Crippen molar-refractivity contribution in [1.82, 2.24) is 0 Å². The van der Waals surface area contributed by atoms with Crippen LogP contribution >= 0.6 is 0 Å². The average molecular weight is 416 g/mol. The van der Waals surface area contributed by atoms with E-state index in [2.05, 4.69) is 0 Å². The van der Waals surface area contributed by atoms with Crippen LogP contribution in [-0.4, -0.2) is 59.9 Å². The van der Waals surface area contributed by atoms with Crippen molar-refractivity contribution in [3.8, 4) is 0 Å². The van der Waals surface area contributed by atoms with Crippen molar-refractivity contribution in [2.45, 2.75) is 63.8 Å². The van der Waals surface area contributed by atoms with Crippen LogP contribution in [0.15, 0.2) is 23.3 Å². The third-order valence-electron chi connectivity index (χ3n) is 8.73. The first-order valence-electron chi connectivity index (χ1n) is 10.8. The van der Waals surface area contributed by atoms with Crippen LogP contribution in [0.5, 0.6) is 0 Å². The highest BCUT2D eigenvalue weighted by molar-refractivity contribution is 6.10. The van der Waals surface area contributed by atoms with Crippen LogP contribution < -0.4 is 0 Å². The van der Waals surface area contributed by atoms with E-state index in [9.17, 15) is 14.7 Å². The van der Waals surface area contributed by atoms with Crippen LogP contribution in [0.2, 0.25) is 0 Å². The molecule has 1 N–H and O–H groups in total. The van der Waals surface area contributed by atoms with Gasteiger partial charge in [-0.05, 0) is 27.7 Å². The van der Waals surface area contributed by atoms with Gasteiger partial charge in [-0.15, -0.1) is 0 Å². The number of allylic oxidation sites excluding steroid dienone is 1. The number of aliphatic hydroxyl groups excluding tert-OH is 1. The molecule has 7 nitrogen and oxygen atoms in total. The smallest absolute Gasteiger partial charge is 0.190 e. The van der Waals surface area contributed by atoms with Crippen LogP contribution in [0.25, 0.3) is 0 Å². The molecule has 2 saturated heterocycles. The van der Waals surface area contributed by atoms with E-state index in [0.29, 0.717) is 5.57 Å². The van der Waals surface area contributed by atoms with E-state index in [0.717, 1.165) is 5.57 Å². The Balaban J connectivity index is 1.67. The number of hydrogen-bond donors (Lipinski definition) is 1. The van der Waals surface area contributed by atoms with E-state index in [1.54, 1.807) is 7.11 Å². The molecule has 7 heteroatoms. The molecule has 5 fully saturated rings. The molecular weight excluding hydrogens is 388 g/mol. The lowest BCUT2D eigenvalue weighted by atomic mass is 9.54. The molecule has 0 aromatic heterocycles. The van der Waals surface area contributed by atoms with Crippen molar-refractivity contribution >= 4 is 11.6 Å². The van der Waals surface area contributed by atoms with Crippen LogP contribution in [-0.2, 0) is 28.8 Å². The fourth-order valence-corrected chi connectivity index (χ4v) is 7.47. The molecule has 11 atom stereocenters. The van der Waals surface area contributed by atoms with Gasteiger partial charge >= 0.3 is 0 Å². The summed E-state index contributed by atoms with van der Waals surface area (Å²) in [4.78, 5) is 39.5. The SMILES string of the molecule is COC(C)(C)[C@@H]1C=C2C(=O)[C@H]3O[C@H]3[C@@H]3[C@H](O)[C@@H]4[C@H]2C(=O)C12[C@@H]4[C@@H]3OO[C@@H]2C=C(C)C. The topological polar surface area (TPSA) is 94.6 Å². The number of carbonyl (C=O) groups is 2. The highest BCUT2D eigenvalue weighted by Crippen LogP contribution is 2.72. The molecule has 3 saturated carbocycles. The molecule has 162 valence electrons. The Bertz CT molecular complexity index is 915. The van der Waals surface area contributed by atoms with Crippen LogP contribution in [0, 0.1) is 35.0 Å². The monoisotopic (exact) mass is 416 g/mol. The zero-order valence-electron chi connectivity index (χ0n) is 17.8. The Morgan fingerprint density at radius 3 is 2.60 bits per heavy atom. The first-order chi connectivity index (χ1) is 14.2. The second kappa shape index (κ2) is 5.70. The summed E-state index contributed by atoms with van der Waals surface area (Å²) in [6.07, 6.45) is 1.01. The van der Waals surface area contributed by atoms with Gasteiger partial charge in [-0.3, -0.25) is 9.59 Å². The lowest BCUT2D eigenvalue weighted by Gasteiger charge is -2.54. The Kier molecular flexibility index (Phi) is 3.67. The Labute approximate surface area is 175 Å². The minimum Gasteiger partial charge on any atom is -0.392 e. The highest BCUT2D eigenvalue weighted by atomic mass is 17.2. The molecule has 4 aliphatic carbocycles. The average Bonchev–Trinajstić information content (AvgIpc) is 3.37. The number of fused-ring (bicyclic) bond motifs is 4. The van der Waals surface area contributed by atoms with E-state index in [1.807, 2.05) is 39.8 Å². The van der Waals surface area contributed by atoms with Gasteiger partial charge < -0.3 is 14.6 Å². The fraction of sp³-hybridized carbons (Fsp3) is 0.739. The molecule has 0 aromatic carbocycles. The summed E-state index contributed by atoms with van der Waals surface area (Å²) in [7, 11) is 1.63. The van der Waals surface area contributed by atoms with E-state index < -0.39 is 47.3 Å². The van der Waals surface area contributed by atoms with Gasteiger partial charge in [0, 0.05) is 36.4 Å². The summed E-state index contributed by atoms with van der Waals surface area (Å²) in [5, 5.41) is 11.4. The fourth-order valence-electron chi connectivity index (χ4n) is 7.47. The molecule has 1 unspecified atom stereocenters. The summed E-state index contributed by atoms with van der Waals surface area (Å²) in [6.45, 7) is 7.81. The van der Waals surface area contributed by atoms with Gasteiger partial charge in [0.25, 0.3) is 0 Å². The van der Waals surface area contributed by atoms with Crippen LogP contribution in [0.4, 0.5) is 0 Å². The van der Waals surface area contributed by atoms with E-state index in [-0.39, 0.29) is 35.4 Å². The van der Waals surface area contributed by atoms with Gasteiger partial charge in [0.05, 0.1) is 23.0 Å². The van der Waals surface area contributed by atoms with Crippen molar-refractivity contribution in [1.29, 1.82) is 0 Å². The number of epoxide rings is 1. The highest BCUT2D eigenvalue weighted by Gasteiger charge is 2.82. The van der Waals surface area contributed by atoms with Crippen LogP contribution in [0.3, 0.4) is 0 Å². The Morgan fingerprint density at radius 2 is 1.93 bits per heavy atom. The number of ether oxygens (including phenoxy) is 2. The molecule has 2 heterocycles. The van der Waals surface area contributed by atoms with Gasteiger partial charge in [-0.2, -0.15) is 0 Å². The summed E-state index contributed by atoms with van der Waals surface area (Å²) < 4.78 is 11.6. The molecule has 30 heavy (non-hydrogen) atoms. The molecule has 4 bridgehead atoms. The molecule has 2 aliphatic heterocycles. The number of aliphatic hydroxyl groups is 1. The second-order valence-corrected chi connectivity index (χ2v) is 10.6. The van der Waals surface area contributed by atoms with Gasteiger partial charge in [-0.25, -0.2) is 9.78 Å². The summed E-state index contributed by atoms with van der Waals surface area (Å²) in [5.41, 5.74) is -0.193. The van der Waals surface area contributed by atoms with Crippen molar-refractivity contribution in [2.24, 2.45) is 35.0 Å². The van der Waals surface area contributed by atoms with Crippen molar-refractivity contribution in [3.05, 3.63) is 23.3 Å². The number of carbonyl (C=O) groups excluding carboxylic acids is 2. The predicted octanol–water partition coefficient (Wildman–Crippen LogP) is 1.39. The zero-order valence-corrected chi connectivity index (χ0v) is 17.8. The molecule has 6 aliphatic rings. The maximum absolute atomic E-state index is 14.2. The largest absolute Gasteiger partial charge is 0.392 e. The van der Waals surface area contributed by atoms with Crippen molar-refractivity contribution < 1.29 is 33.9 Å². The standard InChI is InChI=1S/C23H28O7/c1-8(2)6-11-23-10(22(3,4)27-5)7-9-12(21(23)26)13-15(23)18(30-29-11)14(17(13)25)19-20(28-19)16(9)24/h6-7,10-15,17-20,25H,1-5H3/t10-,11+,12-,13+,14+,15-,17+,18+,19-,20+,23?/m0/s1. The van der Waals surface area contributed by atoms with E-state index >= 15 is 0 Å². The van der Waals surface area contributed by atoms with Gasteiger partial charge in [0.2, 0.25) is 0 Å². The third kappa shape index (κ3) is 1.95. The Hall–Kier alpha value is -1.38. The van der Waals surface area contributed by atoms with Crippen molar-refractivity contribution in [2.75, 3.05) is 7.11 Å². The zero-order chi connectivity index (χ0) is 21.3. The van der Waals surface area contributed by atoms with Crippen molar-refractivity contribution in [3.63, 3.8) is 0 Å². The maximum atomic E-state index is 14.2. The van der Waals surface area contributed by atoms with E-state index in [1.165, 1.54) is 0 Å². The van der Waals surface area contributed by atoms with Gasteiger partial charge in [-0.1, -0.05) is 17.7 Å². The molecule has 1 spiro atoms. The molecule has 0 aromatic rings. The molecule has 6 rings (SSSR count). The molecule has 0 amide bonds. The molecule has 0 radical (unpaired) electrons. The number of hydrogen-bond acceptors (Lipinski definition) is 7. The summed E-state index contributed by atoms with van der Waals surface area (Å²) >= 11 is 0. The Morgan fingerprint density at radius 1 is 1.20 bits per heavy atom. The third-order valence-corrected chi connectivity index (χ3v) is 8.73. The van der Waals surface area contributed by atoms with Crippen LogP contribution in [0.1, 0.15) is 27.7 Å². The number of methoxy groups -OCH3 is 1. The van der Waals surface area contributed by atoms with Gasteiger partial charge in [0.15, 0.2) is 11.6 Å². The lowest BCUT2D eigenvalue weighted by molar-refractivity contribution is -0.410. The van der Waals surface area contributed by atoms with Gasteiger partial charge in [0.1, 0.15) is 24.4 Å². The second-order valence-electron chi connectivity index (χ2n) is 10.6. The summed E-state index contributed by atoms with van der Waals surface area (Å²) in [5.74, 6) is -2.20. The minimum absolute atomic E-state index is 0.0223. The lowest BCUT2D eigenvalue weighted by Crippen LogP contribution is -2.63. The van der Waals surface area contributed by atoms with E-state index in [4.69, 9.17) is 19.2 Å².